The van der Waals surface area contributed by atoms with Gasteiger partial charge in [0.25, 0.3) is 0 Å². The van der Waals surface area contributed by atoms with Gasteiger partial charge in [0, 0.05) is 10.5 Å². The second kappa shape index (κ2) is 8.33. The van der Waals surface area contributed by atoms with Crippen molar-refractivity contribution in [2.75, 3.05) is 6.54 Å². The molecular formula is C14H27IN2. The van der Waals surface area contributed by atoms with Crippen LogP contribution < -0.4 is 5.73 Å². The van der Waals surface area contributed by atoms with Gasteiger partial charge in [0.2, 0.25) is 0 Å². The summed E-state index contributed by atoms with van der Waals surface area (Å²) >= 11 is 2.65. The number of aliphatic imine (C=N–C) groups is 1. The van der Waals surface area contributed by atoms with Crippen LogP contribution >= 0.6 is 22.6 Å². The molecule has 0 aromatic heterocycles. The first-order valence-electron chi connectivity index (χ1n) is 7.02. The smallest absolute Gasteiger partial charge is 0.0905 e. The van der Waals surface area contributed by atoms with Gasteiger partial charge in [0.15, 0.2) is 0 Å². The van der Waals surface area contributed by atoms with Crippen molar-refractivity contribution in [1.29, 1.82) is 0 Å². The van der Waals surface area contributed by atoms with Crippen LogP contribution in [-0.4, -0.2) is 16.3 Å². The van der Waals surface area contributed by atoms with Gasteiger partial charge in [-0.3, -0.25) is 4.99 Å². The van der Waals surface area contributed by atoms with Crippen molar-refractivity contribution in [1.82, 2.24) is 0 Å². The Morgan fingerprint density at radius 1 is 1.24 bits per heavy atom. The third-order valence-corrected chi connectivity index (χ3v) is 4.69. The van der Waals surface area contributed by atoms with Gasteiger partial charge in [-0.15, -0.1) is 0 Å². The molecule has 17 heavy (non-hydrogen) atoms. The molecule has 1 rings (SSSR count). The van der Waals surface area contributed by atoms with E-state index < -0.39 is 0 Å². The molecule has 0 amide bonds. The molecule has 2 N–H and O–H groups in total. The van der Waals surface area contributed by atoms with Gasteiger partial charge in [0.05, 0.1) is 5.84 Å². The second-order valence-corrected chi connectivity index (χ2v) is 7.25. The van der Waals surface area contributed by atoms with Gasteiger partial charge in [-0.2, -0.15) is 0 Å². The van der Waals surface area contributed by atoms with E-state index in [1.165, 1.54) is 44.9 Å². The van der Waals surface area contributed by atoms with Crippen molar-refractivity contribution in [2.45, 2.75) is 62.7 Å². The summed E-state index contributed by atoms with van der Waals surface area (Å²) in [4.78, 5) is 4.28. The molecule has 0 spiro atoms. The fourth-order valence-electron chi connectivity index (χ4n) is 3.00. The summed E-state index contributed by atoms with van der Waals surface area (Å²) in [5.74, 6) is 2.65. The number of nitrogens with zero attached hydrogens (tertiary/aromatic N) is 1. The van der Waals surface area contributed by atoms with Crippen molar-refractivity contribution in [2.24, 2.45) is 22.6 Å². The van der Waals surface area contributed by atoms with Crippen LogP contribution in [0.25, 0.3) is 0 Å². The molecular weight excluding hydrogens is 323 g/mol. The Kier molecular flexibility index (Phi) is 7.47. The molecule has 3 heteroatoms. The van der Waals surface area contributed by atoms with Gasteiger partial charge in [0.1, 0.15) is 0 Å². The maximum absolute atomic E-state index is 5.54. The number of halogens is 1. The summed E-state index contributed by atoms with van der Waals surface area (Å²) in [7, 11) is 0. The van der Waals surface area contributed by atoms with E-state index in [4.69, 9.17) is 5.73 Å². The zero-order valence-electron chi connectivity index (χ0n) is 11.3. The maximum atomic E-state index is 5.54. The van der Waals surface area contributed by atoms with Crippen molar-refractivity contribution in [3.8, 4) is 0 Å². The quantitative estimate of drug-likeness (QED) is 0.252. The highest BCUT2D eigenvalue weighted by Gasteiger charge is 2.26. The lowest BCUT2D eigenvalue weighted by Gasteiger charge is -2.32. The minimum atomic E-state index is 0.726. The van der Waals surface area contributed by atoms with Gasteiger partial charge in [-0.25, -0.2) is 0 Å². The Morgan fingerprint density at radius 2 is 1.88 bits per heavy atom. The molecule has 0 aromatic rings. The van der Waals surface area contributed by atoms with E-state index in [1.807, 2.05) is 6.92 Å². The highest BCUT2D eigenvalue weighted by molar-refractivity contribution is 14.1. The number of nitrogens with two attached hydrogens (primary N) is 1. The fourth-order valence-corrected chi connectivity index (χ4v) is 4.44. The van der Waals surface area contributed by atoms with E-state index in [0.29, 0.717) is 0 Å². The van der Waals surface area contributed by atoms with Gasteiger partial charge in [-0.05, 0) is 50.9 Å². The SMILES string of the molecule is CCCC1CC(I)CC(CCCN=C(C)N)C1. The third kappa shape index (κ3) is 6.63. The predicted molar refractivity (Wildman–Crippen MR) is 84.9 cm³/mol. The number of rotatable bonds is 6. The van der Waals surface area contributed by atoms with Gasteiger partial charge in [-0.1, -0.05) is 42.4 Å². The molecule has 1 saturated carbocycles. The van der Waals surface area contributed by atoms with Crippen LogP contribution in [0.1, 0.15) is 58.8 Å². The summed E-state index contributed by atoms with van der Waals surface area (Å²) in [5.41, 5.74) is 5.54. The fraction of sp³-hybridized carbons (Fsp3) is 0.929. The van der Waals surface area contributed by atoms with Crippen LogP contribution in [0, 0.1) is 11.8 Å². The third-order valence-electron chi connectivity index (χ3n) is 3.67. The van der Waals surface area contributed by atoms with E-state index in [1.54, 1.807) is 0 Å². The molecule has 3 unspecified atom stereocenters. The van der Waals surface area contributed by atoms with E-state index in [9.17, 15) is 0 Å². The normalized spacial score (nSPS) is 30.5. The summed E-state index contributed by atoms with van der Waals surface area (Å²) in [6, 6.07) is 0. The highest BCUT2D eigenvalue weighted by atomic mass is 127. The lowest BCUT2D eigenvalue weighted by atomic mass is 9.77. The van der Waals surface area contributed by atoms with Crippen LogP contribution in [0.2, 0.25) is 0 Å². The lowest BCUT2D eigenvalue weighted by molar-refractivity contribution is 0.252. The van der Waals surface area contributed by atoms with E-state index in [-0.39, 0.29) is 0 Å². The number of hydrogen-bond donors (Lipinski definition) is 1. The molecule has 0 heterocycles. The zero-order valence-corrected chi connectivity index (χ0v) is 13.4. The molecule has 2 nitrogen and oxygen atoms in total. The Bertz CT molecular complexity index is 236. The van der Waals surface area contributed by atoms with Crippen molar-refractivity contribution in [3.05, 3.63) is 0 Å². The van der Waals surface area contributed by atoms with E-state index in [2.05, 4.69) is 34.5 Å². The van der Waals surface area contributed by atoms with Crippen molar-refractivity contribution < 1.29 is 0 Å². The monoisotopic (exact) mass is 350 g/mol. The summed E-state index contributed by atoms with van der Waals surface area (Å²) < 4.78 is 0.905. The predicted octanol–water partition coefficient (Wildman–Crippen LogP) is 4.16. The molecule has 0 bridgehead atoms. The minimum Gasteiger partial charge on any atom is -0.388 e. The molecule has 0 saturated heterocycles. The first-order chi connectivity index (χ1) is 8.11. The lowest BCUT2D eigenvalue weighted by Crippen LogP contribution is -2.23. The van der Waals surface area contributed by atoms with Crippen LogP contribution in [0.3, 0.4) is 0 Å². The van der Waals surface area contributed by atoms with Crippen LogP contribution in [0.4, 0.5) is 0 Å². The molecule has 1 fully saturated rings. The second-order valence-electron chi connectivity index (χ2n) is 5.49. The molecule has 0 aromatic carbocycles. The largest absolute Gasteiger partial charge is 0.388 e. The van der Waals surface area contributed by atoms with Crippen LogP contribution in [0.5, 0.6) is 0 Å². The van der Waals surface area contributed by atoms with Gasteiger partial charge >= 0.3 is 0 Å². The average molecular weight is 350 g/mol. The van der Waals surface area contributed by atoms with Crippen LogP contribution in [-0.2, 0) is 0 Å². The first-order valence-corrected chi connectivity index (χ1v) is 8.27. The molecule has 0 radical (unpaired) electrons. The molecule has 0 aliphatic heterocycles. The number of alkyl halides is 1. The van der Waals surface area contributed by atoms with E-state index in [0.717, 1.165) is 28.1 Å². The minimum absolute atomic E-state index is 0.726. The molecule has 1 aliphatic carbocycles. The first kappa shape index (κ1) is 15.3. The maximum Gasteiger partial charge on any atom is 0.0905 e. The molecule has 1 aliphatic rings. The highest BCUT2D eigenvalue weighted by Crippen LogP contribution is 2.37. The van der Waals surface area contributed by atoms with Crippen molar-refractivity contribution in [3.63, 3.8) is 0 Å². The van der Waals surface area contributed by atoms with Crippen LogP contribution in [0.15, 0.2) is 4.99 Å². The zero-order chi connectivity index (χ0) is 12.7. The Hall–Kier alpha value is 0.200. The molecule has 3 atom stereocenters. The number of hydrogen-bond acceptors (Lipinski definition) is 1. The van der Waals surface area contributed by atoms with Gasteiger partial charge < -0.3 is 5.73 Å². The average Bonchev–Trinajstić information content (AvgIpc) is 2.24. The van der Waals surface area contributed by atoms with Crippen molar-refractivity contribution >= 4 is 28.4 Å². The number of amidine groups is 1. The van der Waals surface area contributed by atoms with E-state index >= 15 is 0 Å². The summed E-state index contributed by atoms with van der Waals surface area (Å²) in [6.07, 6.45) is 9.65. The summed E-state index contributed by atoms with van der Waals surface area (Å²) in [5, 5.41) is 0. The topological polar surface area (TPSA) is 38.4 Å². The standard InChI is InChI=1S/C14H27IN2/c1-3-5-12-8-13(10-14(15)9-12)6-4-7-17-11(2)16/h12-14H,3-10H2,1-2H3,(H2,16,17). The Morgan fingerprint density at radius 3 is 2.47 bits per heavy atom. The Balaban J connectivity index is 2.25. The Labute approximate surface area is 120 Å². The molecule has 100 valence electrons. The summed E-state index contributed by atoms with van der Waals surface area (Å²) in [6.45, 7) is 5.10.